The second-order valence-electron chi connectivity index (χ2n) is 6.95. The quantitative estimate of drug-likeness (QED) is 0.624. The minimum Gasteiger partial charge on any atom is -0.444 e. The van der Waals surface area contributed by atoms with Crippen LogP contribution in [0.4, 0.5) is 19.7 Å². The van der Waals surface area contributed by atoms with Crippen molar-refractivity contribution < 1.29 is 23.8 Å². The molecule has 0 atom stereocenters. The van der Waals surface area contributed by atoms with Gasteiger partial charge in [-0.3, -0.25) is 10.3 Å². The van der Waals surface area contributed by atoms with Gasteiger partial charge >= 0.3 is 12.1 Å². The highest BCUT2D eigenvalue weighted by Crippen LogP contribution is 2.32. The average molecular weight is 390 g/mol. The number of nitrogens with zero attached hydrogens (tertiary/aromatic N) is 1. The van der Waals surface area contributed by atoms with Gasteiger partial charge in [-0.05, 0) is 38.5 Å². The summed E-state index contributed by atoms with van der Waals surface area (Å²) in [5, 5.41) is 14.5. The van der Waals surface area contributed by atoms with Crippen LogP contribution in [0, 0.1) is 5.82 Å². The molecule has 0 fully saturated rings. The maximum absolute atomic E-state index is 14.9. The summed E-state index contributed by atoms with van der Waals surface area (Å²) in [6.07, 6.45) is 0.713. The number of amides is 3. The second-order valence-corrected chi connectivity index (χ2v) is 6.95. The van der Waals surface area contributed by atoms with Crippen LogP contribution in [-0.4, -0.2) is 27.8 Å². The Hall–Kier alpha value is -3.20. The number of nitrogens with two attached hydrogens (primary N) is 1. The first-order chi connectivity index (χ1) is 13.1. The molecule has 0 aliphatic heterocycles. The lowest BCUT2D eigenvalue weighted by atomic mass is 9.97. The highest BCUT2D eigenvalue weighted by atomic mass is 19.1. The third kappa shape index (κ3) is 5.40. The van der Waals surface area contributed by atoms with E-state index in [0.717, 1.165) is 0 Å². The molecule has 0 spiro atoms. The molecule has 1 aromatic carbocycles. The second kappa shape index (κ2) is 8.66. The number of benzene rings is 1. The molecule has 0 aliphatic carbocycles. The van der Waals surface area contributed by atoms with Crippen molar-refractivity contribution in [3.8, 4) is 11.1 Å². The van der Waals surface area contributed by atoms with E-state index < -0.39 is 30.1 Å². The van der Waals surface area contributed by atoms with E-state index in [1.807, 2.05) is 0 Å². The summed E-state index contributed by atoms with van der Waals surface area (Å²) in [5.74, 6) is -0.788. The van der Waals surface area contributed by atoms with Gasteiger partial charge in [0.05, 0.1) is 24.5 Å². The normalized spacial score (nSPS) is 11.0. The zero-order valence-electron chi connectivity index (χ0n) is 15.9. The van der Waals surface area contributed by atoms with Crippen LogP contribution >= 0.6 is 0 Å². The molecule has 150 valence electrons. The summed E-state index contributed by atoms with van der Waals surface area (Å²) in [6.45, 7) is 4.50. The zero-order chi connectivity index (χ0) is 20.9. The van der Waals surface area contributed by atoms with Crippen LogP contribution < -0.4 is 16.4 Å². The number of anilines is 1. The van der Waals surface area contributed by atoms with Crippen LogP contribution in [0.3, 0.4) is 0 Å². The number of halogens is 1. The van der Waals surface area contributed by atoms with E-state index in [-0.39, 0.29) is 17.8 Å². The largest absolute Gasteiger partial charge is 0.444 e. The number of ether oxygens (including phenoxy) is 1. The molecule has 0 saturated heterocycles. The lowest BCUT2D eigenvalue weighted by Gasteiger charge is -2.20. The molecule has 2 rings (SSSR count). The van der Waals surface area contributed by atoms with Crippen molar-refractivity contribution in [1.82, 2.24) is 10.3 Å². The maximum atomic E-state index is 14.9. The van der Waals surface area contributed by atoms with E-state index in [4.69, 9.17) is 10.5 Å². The summed E-state index contributed by atoms with van der Waals surface area (Å²) in [4.78, 5) is 27.1. The average Bonchev–Trinajstić information content (AvgIpc) is 2.60. The van der Waals surface area contributed by atoms with Crippen molar-refractivity contribution in [2.75, 3.05) is 5.32 Å². The number of pyridine rings is 1. The van der Waals surface area contributed by atoms with Gasteiger partial charge in [0.15, 0.2) is 5.82 Å². The van der Waals surface area contributed by atoms with Gasteiger partial charge in [-0.2, -0.15) is 0 Å². The van der Waals surface area contributed by atoms with Crippen LogP contribution in [-0.2, 0) is 17.9 Å². The van der Waals surface area contributed by atoms with Crippen molar-refractivity contribution in [3.63, 3.8) is 0 Å². The molecule has 0 saturated carbocycles. The fourth-order valence-electron chi connectivity index (χ4n) is 2.53. The number of carbonyl (C=O) groups is 2. The van der Waals surface area contributed by atoms with E-state index in [1.165, 1.54) is 12.3 Å². The highest BCUT2D eigenvalue weighted by Gasteiger charge is 2.21. The molecule has 1 heterocycles. The number of urea groups is 1. The highest BCUT2D eigenvalue weighted by molar-refractivity contribution is 5.86. The van der Waals surface area contributed by atoms with Crippen LogP contribution in [0.2, 0.25) is 0 Å². The third-order valence-electron chi connectivity index (χ3n) is 3.65. The Labute approximate surface area is 161 Å². The van der Waals surface area contributed by atoms with Gasteiger partial charge in [-0.1, -0.05) is 12.1 Å². The number of nitrogens with one attached hydrogen (secondary N) is 2. The minimum atomic E-state index is -0.809. The molecular formula is C19H23FN4O4. The van der Waals surface area contributed by atoms with Gasteiger partial charge in [0.25, 0.3) is 0 Å². The zero-order valence-corrected chi connectivity index (χ0v) is 15.9. The minimum absolute atomic E-state index is 0.0260. The molecule has 5 N–H and O–H groups in total. The molecule has 28 heavy (non-hydrogen) atoms. The fourth-order valence-corrected chi connectivity index (χ4v) is 2.53. The summed E-state index contributed by atoms with van der Waals surface area (Å²) in [6, 6.07) is 5.52. The first-order valence-corrected chi connectivity index (χ1v) is 8.52. The van der Waals surface area contributed by atoms with Crippen molar-refractivity contribution in [1.29, 1.82) is 0 Å². The van der Waals surface area contributed by atoms with Gasteiger partial charge in [0.1, 0.15) is 5.60 Å². The molecule has 0 radical (unpaired) electrons. The first-order valence-electron chi connectivity index (χ1n) is 8.52. The van der Waals surface area contributed by atoms with Gasteiger partial charge in [-0.25, -0.2) is 14.0 Å². The SMILES string of the molecule is CC(C)(C)OC(=O)Nc1ccc(-c2cccnc2CNC(N)=O)c(CO)c1F. The standard InChI is InChI=1S/C19H23FN4O4/c1-19(2,3)28-18(27)24-14-7-6-11(13(10-25)16(14)20)12-5-4-8-22-15(12)9-23-17(21)26/h4-8,25H,9-10H2,1-3H3,(H,24,27)(H3,21,23,26). The van der Waals surface area contributed by atoms with Gasteiger partial charge in [0, 0.05) is 17.3 Å². The van der Waals surface area contributed by atoms with E-state index in [2.05, 4.69) is 15.6 Å². The smallest absolute Gasteiger partial charge is 0.412 e. The van der Waals surface area contributed by atoms with E-state index in [1.54, 1.807) is 39.0 Å². The molecule has 3 amide bonds. The van der Waals surface area contributed by atoms with Crippen LogP contribution in [0.5, 0.6) is 0 Å². The Kier molecular flexibility index (Phi) is 6.53. The monoisotopic (exact) mass is 390 g/mol. The number of hydrogen-bond acceptors (Lipinski definition) is 5. The Bertz CT molecular complexity index is 881. The molecule has 0 bridgehead atoms. The van der Waals surface area contributed by atoms with Crippen molar-refractivity contribution >= 4 is 17.8 Å². The predicted molar refractivity (Wildman–Crippen MR) is 102 cm³/mol. The van der Waals surface area contributed by atoms with Crippen LogP contribution in [0.1, 0.15) is 32.0 Å². The predicted octanol–water partition coefficient (Wildman–Crippen LogP) is 2.90. The Morgan fingerprint density at radius 3 is 2.57 bits per heavy atom. The van der Waals surface area contributed by atoms with E-state index >= 15 is 0 Å². The van der Waals surface area contributed by atoms with Crippen LogP contribution in [0.25, 0.3) is 11.1 Å². The molecule has 9 heteroatoms. The Balaban J connectivity index is 2.39. The lowest BCUT2D eigenvalue weighted by molar-refractivity contribution is 0.0635. The molecule has 0 unspecified atom stereocenters. The molecular weight excluding hydrogens is 367 g/mol. The number of carbonyl (C=O) groups excluding carboxylic acids is 2. The molecule has 2 aromatic rings. The summed E-state index contributed by atoms with van der Waals surface area (Å²) in [7, 11) is 0. The van der Waals surface area contributed by atoms with Gasteiger partial charge in [-0.15, -0.1) is 0 Å². The number of aromatic nitrogens is 1. The van der Waals surface area contributed by atoms with Gasteiger partial charge in [0.2, 0.25) is 0 Å². The van der Waals surface area contributed by atoms with Crippen molar-refractivity contribution in [2.45, 2.75) is 39.5 Å². The number of hydrogen-bond donors (Lipinski definition) is 4. The van der Waals surface area contributed by atoms with E-state index in [0.29, 0.717) is 16.8 Å². The maximum Gasteiger partial charge on any atom is 0.412 e. The number of aliphatic hydroxyl groups excluding tert-OH is 1. The fraction of sp³-hybridized carbons (Fsp3) is 0.316. The summed E-state index contributed by atoms with van der Waals surface area (Å²) < 4.78 is 20.0. The number of aliphatic hydroxyl groups is 1. The van der Waals surface area contributed by atoms with Crippen molar-refractivity contribution in [3.05, 3.63) is 47.5 Å². The number of rotatable bonds is 5. The molecule has 1 aromatic heterocycles. The molecule has 8 nitrogen and oxygen atoms in total. The van der Waals surface area contributed by atoms with E-state index in [9.17, 15) is 19.1 Å². The third-order valence-corrected chi connectivity index (χ3v) is 3.65. The molecule has 0 aliphatic rings. The lowest BCUT2D eigenvalue weighted by Crippen LogP contribution is -2.29. The summed E-state index contributed by atoms with van der Waals surface area (Å²) >= 11 is 0. The topological polar surface area (TPSA) is 127 Å². The summed E-state index contributed by atoms with van der Waals surface area (Å²) in [5.41, 5.74) is 5.55. The first kappa shape index (κ1) is 21.1. The van der Waals surface area contributed by atoms with Gasteiger partial charge < -0.3 is 20.9 Å². The Morgan fingerprint density at radius 2 is 1.96 bits per heavy atom. The van der Waals surface area contributed by atoms with Crippen LogP contribution in [0.15, 0.2) is 30.5 Å². The number of primary amides is 1. The Morgan fingerprint density at radius 1 is 1.25 bits per heavy atom. The van der Waals surface area contributed by atoms with Crippen molar-refractivity contribution in [2.24, 2.45) is 5.73 Å².